The van der Waals surface area contributed by atoms with Crippen LogP contribution in [0.25, 0.3) is 0 Å². The molecule has 0 fully saturated rings. The van der Waals surface area contributed by atoms with E-state index in [9.17, 15) is 18.7 Å². The summed E-state index contributed by atoms with van der Waals surface area (Å²) in [5, 5.41) is 17.0. The first-order chi connectivity index (χ1) is 16.2. The van der Waals surface area contributed by atoms with E-state index < -0.39 is 23.8 Å². The van der Waals surface area contributed by atoms with Crippen molar-refractivity contribution in [2.24, 2.45) is 0 Å². The largest absolute Gasteiger partial charge is 0.446 e. The van der Waals surface area contributed by atoms with Gasteiger partial charge >= 0.3 is 0 Å². The molecular weight excluding hydrogens is 476 g/mol. The summed E-state index contributed by atoms with van der Waals surface area (Å²) in [5.41, 5.74) is 2.54. The molecule has 1 heterocycles. The van der Waals surface area contributed by atoms with E-state index >= 15 is 0 Å². The molecule has 190 valence electrons. The number of aliphatic hydroxyl groups excluding tert-OH is 1. The standard InChI is InChI=1S/C26H31F2N3O3.ClH/c1-4-18-6-5-7-20(8-18)23(13-26-30-14-16(2)34-26)29-15-25(33)24(31-17(3)32)11-19-9-21(27)12-22(28)10-19;/h5-10,12,14,23-25,29,33H,4,11,13,15H2,1-3H3,(H,31,32);1H/t23?,24-,25-;/m0./s1. The second-order valence-corrected chi connectivity index (χ2v) is 8.48. The van der Waals surface area contributed by atoms with Crippen LogP contribution in [0.5, 0.6) is 0 Å². The highest BCUT2D eigenvalue weighted by atomic mass is 35.5. The fraction of sp³-hybridized carbons (Fsp3) is 0.385. The number of hydrogen-bond donors (Lipinski definition) is 3. The van der Waals surface area contributed by atoms with Crippen molar-refractivity contribution in [2.75, 3.05) is 6.54 Å². The molecule has 1 unspecified atom stereocenters. The summed E-state index contributed by atoms with van der Waals surface area (Å²) < 4.78 is 32.9. The van der Waals surface area contributed by atoms with Gasteiger partial charge in [0.25, 0.3) is 0 Å². The first-order valence-electron chi connectivity index (χ1n) is 11.4. The van der Waals surface area contributed by atoms with E-state index in [1.165, 1.54) is 24.6 Å². The SMILES string of the molecule is CCc1cccc(C(Cc2ncc(C)o2)NC[C@H](O)[C@H](Cc2cc(F)cc(F)c2)NC(C)=O)c1.Cl. The van der Waals surface area contributed by atoms with Crippen LogP contribution < -0.4 is 10.6 Å². The van der Waals surface area contributed by atoms with Gasteiger partial charge in [-0.1, -0.05) is 31.2 Å². The number of rotatable bonds is 11. The summed E-state index contributed by atoms with van der Waals surface area (Å²) >= 11 is 0. The van der Waals surface area contributed by atoms with Crippen LogP contribution in [-0.2, 0) is 24.1 Å². The number of carbonyl (C=O) groups is 1. The summed E-state index contributed by atoms with van der Waals surface area (Å²) in [6.45, 7) is 5.37. The molecule has 0 spiro atoms. The zero-order chi connectivity index (χ0) is 24.7. The van der Waals surface area contributed by atoms with Crippen LogP contribution in [-0.4, -0.2) is 34.7 Å². The van der Waals surface area contributed by atoms with Crippen molar-refractivity contribution < 1.29 is 23.1 Å². The van der Waals surface area contributed by atoms with Gasteiger partial charge in [0.05, 0.1) is 18.3 Å². The van der Waals surface area contributed by atoms with Crippen molar-refractivity contribution in [3.63, 3.8) is 0 Å². The molecule has 1 amide bonds. The summed E-state index contributed by atoms with van der Waals surface area (Å²) in [6, 6.07) is 10.4. The first kappa shape index (κ1) is 28.4. The highest BCUT2D eigenvalue weighted by Gasteiger charge is 2.24. The first-order valence-corrected chi connectivity index (χ1v) is 11.4. The predicted molar refractivity (Wildman–Crippen MR) is 132 cm³/mol. The van der Waals surface area contributed by atoms with Crippen molar-refractivity contribution in [2.45, 2.75) is 58.2 Å². The quantitative estimate of drug-likeness (QED) is 0.361. The molecule has 3 rings (SSSR count). The van der Waals surface area contributed by atoms with Crippen LogP contribution in [0.1, 0.15) is 48.2 Å². The summed E-state index contributed by atoms with van der Waals surface area (Å²) in [7, 11) is 0. The van der Waals surface area contributed by atoms with Crippen molar-refractivity contribution in [1.82, 2.24) is 15.6 Å². The van der Waals surface area contributed by atoms with E-state index in [0.717, 1.165) is 18.1 Å². The minimum absolute atomic E-state index is 0. The molecule has 0 aliphatic heterocycles. The maximum Gasteiger partial charge on any atom is 0.217 e. The fourth-order valence-corrected chi connectivity index (χ4v) is 3.94. The van der Waals surface area contributed by atoms with E-state index in [1.807, 2.05) is 19.1 Å². The molecule has 3 aromatic rings. The number of nitrogens with zero attached hydrogens (tertiary/aromatic N) is 1. The number of amides is 1. The molecule has 35 heavy (non-hydrogen) atoms. The topological polar surface area (TPSA) is 87.4 Å². The number of aromatic nitrogens is 1. The Bertz CT molecular complexity index is 1090. The molecule has 0 radical (unpaired) electrons. The second-order valence-electron chi connectivity index (χ2n) is 8.48. The average molecular weight is 508 g/mol. The number of benzene rings is 2. The molecule has 0 aliphatic rings. The molecule has 9 heteroatoms. The van der Waals surface area contributed by atoms with Gasteiger partial charge in [0.2, 0.25) is 5.91 Å². The number of carbonyl (C=O) groups excluding carboxylic acids is 1. The Morgan fingerprint density at radius 1 is 1.11 bits per heavy atom. The van der Waals surface area contributed by atoms with E-state index in [2.05, 4.69) is 34.7 Å². The molecule has 0 saturated carbocycles. The van der Waals surface area contributed by atoms with Gasteiger partial charge in [0, 0.05) is 32.0 Å². The van der Waals surface area contributed by atoms with Gasteiger partial charge < -0.3 is 20.2 Å². The minimum atomic E-state index is -1.02. The Kier molecular flexibility index (Phi) is 10.8. The van der Waals surface area contributed by atoms with Crippen LogP contribution in [0.4, 0.5) is 8.78 Å². The Hall–Kier alpha value is -2.81. The predicted octanol–water partition coefficient (Wildman–Crippen LogP) is 4.23. The Labute approximate surface area is 210 Å². The summed E-state index contributed by atoms with van der Waals surface area (Å²) in [5.74, 6) is -0.477. The number of hydrogen-bond acceptors (Lipinski definition) is 5. The van der Waals surface area contributed by atoms with Crippen LogP contribution in [0.3, 0.4) is 0 Å². The highest BCUT2D eigenvalue weighted by Crippen LogP contribution is 2.21. The van der Waals surface area contributed by atoms with Gasteiger partial charge in [-0.15, -0.1) is 12.4 Å². The number of nitrogens with one attached hydrogen (secondary N) is 2. The van der Waals surface area contributed by atoms with E-state index in [1.54, 1.807) is 6.20 Å². The van der Waals surface area contributed by atoms with E-state index in [0.29, 0.717) is 23.6 Å². The molecule has 0 bridgehead atoms. The molecule has 2 aromatic carbocycles. The lowest BCUT2D eigenvalue weighted by Crippen LogP contribution is -2.48. The van der Waals surface area contributed by atoms with Gasteiger partial charge in [-0.3, -0.25) is 4.79 Å². The van der Waals surface area contributed by atoms with Crippen molar-refractivity contribution in [3.05, 3.63) is 88.6 Å². The van der Waals surface area contributed by atoms with Crippen molar-refractivity contribution in [1.29, 1.82) is 0 Å². The third-order valence-corrected chi connectivity index (χ3v) is 5.61. The van der Waals surface area contributed by atoms with Gasteiger partial charge in [-0.2, -0.15) is 0 Å². The van der Waals surface area contributed by atoms with Gasteiger partial charge in [-0.25, -0.2) is 13.8 Å². The lowest BCUT2D eigenvalue weighted by atomic mass is 9.98. The zero-order valence-electron chi connectivity index (χ0n) is 20.1. The number of aryl methyl sites for hydroxylation is 2. The molecular formula is C26H32ClF2N3O3. The Morgan fingerprint density at radius 2 is 1.83 bits per heavy atom. The number of aliphatic hydroxyl groups is 1. The number of halogens is 3. The molecule has 0 aliphatic carbocycles. The Balaban J connectivity index is 0.00000432. The van der Waals surface area contributed by atoms with Gasteiger partial charge in [0.1, 0.15) is 17.4 Å². The minimum Gasteiger partial charge on any atom is -0.446 e. The zero-order valence-corrected chi connectivity index (χ0v) is 20.9. The van der Waals surface area contributed by atoms with Crippen LogP contribution in [0, 0.1) is 18.6 Å². The number of oxazole rings is 1. The van der Waals surface area contributed by atoms with Gasteiger partial charge in [0.15, 0.2) is 5.89 Å². The van der Waals surface area contributed by atoms with Crippen molar-refractivity contribution in [3.8, 4) is 0 Å². The maximum absolute atomic E-state index is 13.6. The van der Waals surface area contributed by atoms with Crippen LogP contribution in [0.2, 0.25) is 0 Å². The van der Waals surface area contributed by atoms with Crippen LogP contribution in [0.15, 0.2) is 53.1 Å². The normalized spacial score (nSPS) is 13.5. The smallest absolute Gasteiger partial charge is 0.217 e. The highest BCUT2D eigenvalue weighted by molar-refractivity contribution is 5.85. The average Bonchev–Trinajstić information content (AvgIpc) is 3.19. The van der Waals surface area contributed by atoms with Gasteiger partial charge in [-0.05, 0) is 48.6 Å². The van der Waals surface area contributed by atoms with E-state index in [-0.39, 0.29) is 37.3 Å². The molecule has 3 atom stereocenters. The molecule has 6 nitrogen and oxygen atoms in total. The summed E-state index contributed by atoms with van der Waals surface area (Å²) in [6.07, 6.45) is 2.07. The third-order valence-electron chi connectivity index (χ3n) is 5.61. The maximum atomic E-state index is 13.6. The lowest BCUT2D eigenvalue weighted by Gasteiger charge is -2.27. The second kappa shape index (κ2) is 13.3. The lowest BCUT2D eigenvalue weighted by molar-refractivity contribution is -0.120. The fourth-order valence-electron chi connectivity index (χ4n) is 3.94. The van der Waals surface area contributed by atoms with Crippen LogP contribution >= 0.6 is 12.4 Å². The monoisotopic (exact) mass is 507 g/mol. The summed E-state index contributed by atoms with van der Waals surface area (Å²) in [4.78, 5) is 16.0. The van der Waals surface area contributed by atoms with E-state index in [4.69, 9.17) is 4.42 Å². The van der Waals surface area contributed by atoms with Crippen molar-refractivity contribution >= 4 is 18.3 Å². The molecule has 1 aromatic heterocycles. The Morgan fingerprint density at radius 3 is 2.43 bits per heavy atom. The molecule has 3 N–H and O–H groups in total. The third kappa shape index (κ3) is 8.72. The molecule has 0 saturated heterocycles.